The maximum atomic E-state index is 10.9. The van der Waals surface area contributed by atoms with Gasteiger partial charge in [0.05, 0.1) is 31.6 Å². The summed E-state index contributed by atoms with van der Waals surface area (Å²) in [4.78, 5) is 0. The van der Waals surface area contributed by atoms with Gasteiger partial charge in [0.25, 0.3) is 15.6 Å². The molecule has 24 heavy (non-hydrogen) atoms. The van der Waals surface area contributed by atoms with Gasteiger partial charge in [-0.15, -0.1) is 0 Å². The summed E-state index contributed by atoms with van der Waals surface area (Å²) < 4.78 is 49.1. The highest BCUT2D eigenvalue weighted by Gasteiger charge is 2.22. The number of benzene rings is 1. The smallest absolute Gasteiger partial charge is 0.377 e. The molecule has 0 spiro atoms. The molecule has 1 heterocycles. The Labute approximate surface area is 141 Å². The molecule has 1 N–H and O–H groups in total. The van der Waals surface area contributed by atoms with Crippen LogP contribution in [0.5, 0.6) is 5.75 Å². The van der Waals surface area contributed by atoms with Gasteiger partial charge in [-0.3, -0.25) is 4.55 Å². The SMILES string of the molecule is CCOC(C)=Cc1oc2ccc(OC)cc2[n+]1CCCS(=O)(=O)O. The van der Waals surface area contributed by atoms with E-state index in [0.717, 1.165) is 5.52 Å². The maximum absolute atomic E-state index is 10.9. The molecule has 0 bridgehead atoms. The molecular formula is C16H22NO6S+. The lowest BCUT2D eigenvalue weighted by molar-refractivity contribution is -0.677. The molecule has 0 fully saturated rings. The Morgan fingerprint density at radius 2 is 2.17 bits per heavy atom. The number of rotatable bonds is 8. The fourth-order valence-electron chi connectivity index (χ4n) is 2.39. The van der Waals surface area contributed by atoms with E-state index in [9.17, 15) is 8.42 Å². The summed E-state index contributed by atoms with van der Waals surface area (Å²) in [5.74, 6) is 1.58. The largest absolute Gasteiger partial charge is 0.498 e. The number of aromatic nitrogens is 1. The highest BCUT2D eigenvalue weighted by atomic mass is 32.2. The molecule has 2 rings (SSSR count). The maximum Gasteiger partial charge on any atom is 0.377 e. The van der Waals surface area contributed by atoms with Crippen LogP contribution in [0, 0.1) is 0 Å². The van der Waals surface area contributed by atoms with Gasteiger partial charge in [-0.1, -0.05) is 0 Å². The molecule has 0 aliphatic carbocycles. The molecule has 0 aliphatic heterocycles. The van der Waals surface area contributed by atoms with Gasteiger partial charge in [-0.2, -0.15) is 13.0 Å². The third-order valence-corrected chi connectivity index (χ3v) is 4.22. The first kappa shape index (κ1) is 18.3. The van der Waals surface area contributed by atoms with Crippen LogP contribution in [0.1, 0.15) is 26.2 Å². The number of hydrogen-bond donors (Lipinski definition) is 1. The zero-order valence-corrected chi connectivity index (χ0v) is 14.8. The fourth-order valence-corrected chi connectivity index (χ4v) is 2.89. The first-order chi connectivity index (χ1) is 11.3. The Morgan fingerprint density at radius 3 is 2.79 bits per heavy atom. The van der Waals surface area contributed by atoms with Gasteiger partial charge < -0.3 is 13.9 Å². The van der Waals surface area contributed by atoms with Crippen LogP contribution in [0.4, 0.5) is 0 Å². The van der Waals surface area contributed by atoms with E-state index in [2.05, 4.69) is 0 Å². The topological polar surface area (TPSA) is 89.9 Å². The molecule has 0 amide bonds. The highest BCUT2D eigenvalue weighted by Crippen LogP contribution is 2.21. The predicted molar refractivity (Wildman–Crippen MR) is 89.3 cm³/mol. The molecule has 0 radical (unpaired) electrons. The van der Waals surface area contributed by atoms with Crippen LogP contribution in [0.15, 0.2) is 28.4 Å². The monoisotopic (exact) mass is 356 g/mol. The van der Waals surface area contributed by atoms with Gasteiger partial charge in [0, 0.05) is 6.42 Å². The average Bonchev–Trinajstić information content (AvgIpc) is 2.83. The number of hydrogen-bond acceptors (Lipinski definition) is 5. The van der Waals surface area contributed by atoms with E-state index in [1.165, 1.54) is 0 Å². The Bertz CT molecular complexity index is 838. The molecule has 0 atom stereocenters. The van der Waals surface area contributed by atoms with Crippen LogP contribution in [-0.2, 0) is 21.4 Å². The molecule has 0 saturated heterocycles. The standard InChI is InChI=1S/C16H21NO6S/c1-4-22-12(2)10-16-17(8-5-9-24(18,19)20)14-11-13(21-3)6-7-15(14)23-16/h6-7,10-11H,4-5,8-9H2,1-3H3/p+1. The number of fused-ring (bicyclic) bond motifs is 1. The first-order valence-electron chi connectivity index (χ1n) is 7.60. The van der Waals surface area contributed by atoms with Crippen LogP contribution in [0.25, 0.3) is 17.2 Å². The van der Waals surface area contributed by atoms with Gasteiger partial charge in [-0.05, 0) is 26.0 Å². The third-order valence-electron chi connectivity index (χ3n) is 3.42. The van der Waals surface area contributed by atoms with Crippen molar-refractivity contribution < 1.29 is 31.4 Å². The van der Waals surface area contributed by atoms with Crippen LogP contribution in [0.3, 0.4) is 0 Å². The van der Waals surface area contributed by atoms with Crippen LogP contribution in [-0.4, -0.2) is 32.4 Å². The van der Waals surface area contributed by atoms with Crippen LogP contribution < -0.4 is 9.30 Å². The number of ether oxygens (including phenoxy) is 2. The highest BCUT2D eigenvalue weighted by molar-refractivity contribution is 7.85. The van der Waals surface area contributed by atoms with Crippen LogP contribution >= 0.6 is 0 Å². The lowest BCUT2D eigenvalue weighted by atomic mass is 10.3. The van der Waals surface area contributed by atoms with Gasteiger partial charge in [0.2, 0.25) is 5.58 Å². The molecular weight excluding hydrogens is 334 g/mol. The summed E-state index contributed by atoms with van der Waals surface area (Å²) in [6, 6.07) is 5.40. The molecule has 7 nitrogen and oxygen atoms in total. The van der Waals surface area contributed by atoms with E-state index in [1.54, 1.807) is 25.3 Å². The molecule has 8 heteroatoms. The fraction of sp³-hybridized carbons (Fsp3) is 0.438. The number of oxazole rings is 1. The Morgan fingerprint density at radius 1 is 1.42 bits per heavy atom. The van der Waals surface area contributed by atoms with Crippen LogP contribution in [0.2, 0.25) is 0 Å². The molecule has 0 aliphatic rings. The number of allylic oxidation sites excluding steroid dienone is 1. The van der Waals surface area contributed by atoms with Gasteiger partial charge in [0.15, 0.2) is 6.54 Å². The Hall–Kier alpha value is -2.06. The van der Waals surface area contributed by atoms with E-state index >= 15 is 0 Å². The summed E-state index contributed by atoms with van der Waals surface area (Å²) in [6.07, 6.45) is 2.01. The third kappa shape index (κ3) is 4.72. The van der Waals surface area contributed by atoms with Crippen molar-refractivity contribution >= 4 is 27.3 Å². The second-order valence-electron chi connectivity index (χ2n) is 5.25. The number of nitrogens with zero attached hydrogens (tertiary/aromatic N) is 1. The summed E-state index contributed by atoms with van der Waals surface area (Å²) >= 11 is 0. The average molecular weight is 356 g/mol. The van der Waals surface area contributed by atoms with Gasteiger partial charge >= 0.3 is 5.89 Å². The second-order valence-corrected chi connectivity index (χ2v) is 6.83. The van der Waals surface area contributed by atoms with Gasteiger partial charge in [0.1, 0.15) is 11.5 Å². The van der Waals surface area contributed by atoms with Crippen molar-refractivity contribution in [1.82, 2.24) is 0 Å². The second kappa shape index (κ2) is 7.67. The minimum Gasteiger partial charge on any atom is -0.498 e. The molecule has 1 aromatic carbocycles. The zero-order valence-electron chi connectivity index (χ0n) is 14.0. The van der Waals surface area contributed by atoms with Crippen molar-refractivity contribution in [2.45, 2.75) is 26.8 Å². The lowest BCUT2D eigenvalue weighted by Gasteiger charge is -2.00. The predicted octanol–water partition coefficient (Wildman–Crippen LogP) is 2.40. The van der Waals surface area contributed by atoms with E-state index in [0.29, 0.717) is 36.1 Å². The molecule has 2 aromatic rings. The van der Waals surface area contributed by atoms with E-state index < -0.39 is 10.1 Å². The Kier molecular flexibility index (Phi) is 5.84. The van der Waals surface area contributed by atoms with Crippen molar-refractivity contribution in [2.75, 3.05) is 19.5 Å². The lowest BCUT2D eigenvalue weighted by Crippen LogP contribution is -2.36. The Balaban J connectivity index is 2.42. The van der Waals surface area contributed by atoms with E-state index in [1.807, 2.05) is 24.5 Å². The minimum atomic E-state index is -4.00. The first-order valence-corrected chi connectivity index (χ1v) is 9.21. The summed E-state index contributed by atoms with van der Waals surface area (Å²) in [5, 5.41) is 0. The van der Waals surface area contributed by atoms with Gasteiger partial charge in [-0.25, -0.2) is 0 Å². The zero-order chi connectivity index (χ0) is 17.7. The quantitative estimate of drug-likeness (QED) is 0.444. The molecule has 1 aromatic heterocycles. The van der Waals surface area contributed by atoms with Crippen molar-refractivity contribution in [3.8, 4) is 5.75 Å². The molecule has 0 unspecified atom stereocenters. The van der Waals surface area contributed by atoms with E-state index in [4.69, 9.17) is 18.4 Å². The summed E-state index contributed by atoms with van der Waals surface area (Å²) in [5.41, 5.74) is 1.43. The summed E-state index contributed by atoms with van der Waals surface area (Å²) in [7, 11) is -2.42. The minimum absolute atomic E-state index is 0.254. The van der Waals surface area contributed by atoms with Crippen molar-refractivity contribution in [1.29, 1.82) is 0 Å². The summed E-state index contributed by atoms with van der Waals surface area (Å²) in [6.45, 7) is 4.62. The van der Waals surface area contributed by atoms with Crippen molar-refractivity contribution in [3.63, 3.8) is 0 Å². The molecule has 132 valence electrons. The van der Waals surface area contributed by atoms with Crippen molar-refractivity contribution in [3.05, 3.63) is 29.8 Å². The van der Waals surface area contributed by atoms with E-state index in [-0.39, 0.29) is 12.2 Å². The number of aryl methyl sites for hydroxylation is 1. The molecule has 0 saturated carbocycles. The normalized spacial score (nSPS) is 12.6. The van der Waals surface area contributed by atoms with Crippen molar-refractivity contribution in [2.24, 2.45) is 0 Å². The number of methoxy groups -OCH3 is 1.